The standard InChI is InChI=1S/2H2O4Se.H2Se/c2*1-5(2,3)4;/h2*(H2,1,2,3,4);1H2. The number of hydrogen-bond acceptors (Lipinski definition) is 4. The zero-order chi connectivity index (χ0) is 9.00. The Morgan fingerprint density at radius 2 is 0.636 bits per heavy atom. The topological polar surface area (TPSA) is 149 Å². The first-order valence-corrected chi connectivity index (χ1v) is 7.26. The fourth-order valence-electron chi connectivity index (χ4n) is 0. The second-order valence-corrected chi connectivity index (χ2v) is 4.65. The summed E-state index contributed by atoms with van der Waals surface area (Å²) in [6.07, 6.45) is 0. The molecule has 11 heavy (non-hydrogen) atoms. The van der Waals surface area contributed by atoms with Crippen LogP contribution in [0.3, 0.4) is 0 Å². The van der Waals surface area contributed by atoms with Gasteiger partial charge in [0.25, 0.3) is 0 Å². The van der Waals surface area contributed by atoms with Gasteiger partial charge in [-0.2, -0.15) is 0 Å². The van der Waals surface area contributed by atoms with Gasteiger partial charge < -0.3 is 0 Å². The number of hydrogen-bond donors (Lipinski definition) is 4. The fourth-order valence-corrected chi connectivity index (χ4v) is 0. The molecule has 0 heterocycles. The molecule has 0 radical (unpaired) electrons. The van der Waals surface area contributed by atoms with E-state index in [-0.39, 0.29) is 17.1 Å². The van der Waals surface area contributed by atoms with Crippen LogP contribution in [0, 0.1) is 0 Å². The van der Waals surface area contributed by atoms with Crippen molar-refractivity contribution in [3.05, 3.63) is 0 Å². The summed E-state index contributed by atoms with van der Waals surface area (Å²) in [5, 5.41) is 0. The first-order valence-electron chi connectivity index (χ1n) is 1.40. The monoisotopic (exact) mass is 374 g/mol. The third-order valence-corrected chi connectivity index (χ3v) is 0. The van der Waals surface area contributed by atoms with Crippen molar-refractivity contribution >= 4 is 43.8 Å². The van der Waals surface area contributed by atoms with Crippen molar-refractivity contribution in [2.75, 3.05) is 0 Å². The molecule has 0 saturated carbocycles. The minimum absolute atomic E-state index is 0. The molecule has 0 aliphatic carbocycles. The third-order valence-electron chi connectivity index (χ3n) is 0. The van der Waals surface area contributed by atoms with Crippen molar-refractivity contribution in [1.29, 1.82) is 0 Å². The summed E-state index contributed by atoms with van der Waals surface area (Å²) in [5.74, 6) is 0. The summed E-state index contributed by atoms with van der Waals surface area (Å²) in [7, 11) is 0. The van der Waals surface area contributed by atoms with Gasteiger partial charge in [0, 0.05) is 0 Å². The maximum atomic E-state index is 8.82. The molecule has 0 rings (SSSR count). The van der Waals surface area contributed by atoms with E-state index in [1.807, 2.05) is 0 Å². The van der Waals surface area contributed by atoms with Gasteiger partial charge in [-0.3, -0.25) is 0 Å². The van der Waals surface area contributed by atoms with Crippen LogP contribution in [0.1, 0.15) is 0 Å². The second-order valence-electron chi connectivity index (χ2n) is 0.896. The minimum atomic E-state index is -5.25. The van der Waals surface area contributed by atoms with Crippen molar-refractivity contribution in [3.8, 4) is 0 Å². The van der Waals surface area contributed by atoms with Crippen LogP contribution in [0.15, 0.2) is 0 Å². The molecule has 8 nitrogen and oxygen atoms in total. The first kappa shape index (κ1) is 17.6. The van der Waals surface area contributed by atoms with Crippen molar-refractivity contribution < 1.29 is 32.1 Å². The molecule has 0 amide bonds. The average molecular weight is 371 g/mol. The van der Waals surface area contributed by atoms with Gasteiger partial charge in [-0.05, 0) is 0 Å². The van der Waals surface area contributed by atoms with Crippen LogP contribution in [0.25, 0.3) is 0 Å². The van der Waals surface area contributed by atoms with Gasteiger partial charge in [0.2, 0.25) is 0 Å². The van der Waals surface area contributed by atoms with Crippen molar-refractivity contribution in [1.82, 2.24) is 0 Å². The van der Waals surface area contributed by atoms with E-state index in [2.05, 4.69) is 0 Å². The maximum absolute atomic E-state index is 8.82. The zero-order valence-corrected chi connectivity index (χ0v) is 10.3. The quantitative estimate of drug-likeness (QED) is 0.312. The summed E-state index contributed by atoms with van der Waals surface area (Å²) in [5.41, 5.74) is 0. The summed E-state index contributed by atoms with van der Waals surface area (Å²) >= 11 is -10.5. The summed E-state index contributed by atoms with van der Waals surface area (Å²) in [4.78, 5) is 0. The Morgan fingerprint density at radius 1 is 0.636 bits per heavy atom. The number of rotatable bonds is 0. The summed E-state index contributed by atoms with van der Waals surface area (Å²) in [6.45, 7) is 0. The molecule has 0 unspecified atom stereocenters. The second kappa shape index (κ2) is 6.15. The van der Waals surface area contributed by atoms with E-state index in [0.717, 1.165) is 0 Å². The molecule has 0 bridgehead atoms. The van der Waals surface area contributed by atoms with Crippen LogP contribution in [0.5, 0.6) is 0 Å². The molecule has 72 valence electrons. The Morgan fingerprint density at radius 3 is 0.636 bits per heavy atom. The van der Waals surface area contributed by atoms with E-state index in [0.29, 0.717) is 0 Å². The van der Waals surface area contributed by atoms with Gasteiger partial charge in [-0.25, -0.2) is 0 Å². The molecule has 0 saturated heterocycles. The molecular weight excluding hydrogens is 365 g/mol. The molecule has 0 atom stereocenters. The van der Waals surface area contributed by atoms with Crippen LogP contribution < -0.4 is 0 Å². The van der Waals surface area contributed by atoms with Gasteiger partial charge in [0.15, 0.2) is 0 Å². The van der Waals surface area contributed by atoms with E-state index in [1.165, 1.54) is 0 Å². The molecular formula is H6O8Se3. The molecule has 0 aromatic carbocycles. The summed E-state index contributed by atoms with van der Waals surface area (Å²) in [6, 6.07) is 0. The molecule has 4 N–H and O–H groups in total. The van der Waals surface area contributed by atoms with E-state index in [4.69, 9.17) is 32.1 Å². The molecule has 0 spiro atoms. The Balaban J connectivity index is -0.000000107. The van der Waals surface area contributed by atoms with Gasteiger partial charge in [-0.1, -0.05) is 0 Å². The predicted molar refractivity (Wildman–Crippen MR) is 31.7 cm³/mol. The van der Waals surface area contributed by atoms with Gasteiger partial charge in [-0.15, -0.1) is 0 Å². The van der Waals surface area contributed by atoms with Crippen molar-refractivity contribution in [2.45, 2.75) is 0 Å². The zero-order valence-electron chi connectivity index (χ0n) is 4.74. The van der Waals surface area contributed by atoms with Crippen LogP contribution >= 0.6 is 0 Å². The molecule has 0 aromatic rings. The average Bonchev–Trinajstić information content (AvgIpc) is 1.12. The SMILES string of the molecule is O=[Se](=O)(O)O.O=[Se](=O)(O)O.[SeH2]. The normalized spacial score (nSPS) is 10.5. The van der Waals surface area contributed by atoms with Crippen LogP contribution in [-0.2, 0) is 15.3 Å². The van der Waals surface area contributed by atoms with Crippen molar-refractivity contribution in [2.24, 2.45) is 0 Å². The van der Waals surface area contributed by atoms with E-state index in [9.17, 15) is 0 Å². The van der Waals surface area contributed by atoms with Crippen molar-refractivity contribution in [3.63, 3.8) is 0 Å². The molecule has 0 fully saturated rings. The third kappa shape index (κ3) is 2190. The first-order chi connectivity index (χ1) is 4.00. The Kier molecular flexibility index (Phi) is 9.86. The Bertz CT molecular complexity index is 206. The van der Waals surface area contributed by atoms with Gasteiger partial charge in [0.1, 0.15) is 0 Å². The van der Waals surface area contributed by atoms with E-state index < -0.39 is 26.7 Å². The van der Waals surface area contributed by atoms with Gasteiger partial charge >= 0.3 is 75.9 Å². The predicted octanol–water partition coefficient (Wildman–Crippen LogP) is -4.38. The van der Waals surface area contributed by atoms with E-state index >= 15 is 0 Å². The Hall–Kier alpha value is 0.598. The van der Waals surface area contributed by atoms with Crippen LogP contribution in [0.4, 0.5) is 0 Å². The molecule has 0 aromatic heterocycles. The molecule has 0 aliphatic heterocycles. The van der Waals surface area contributed by atoms with E-state index in [1.54, 1.807) is 0 Å². The molecule has 11 heteroatoms. The Labute approximate surface area is 75.9 Å². The fraction of sp³-hybridized carbons (Fsp3) is 0. The van der Waals surface area contributed by atoms with Crippen LogP contribution in [0.2, 0.25) is 0 Å². The molecule has 0 aliphatic rings. The summed E-state index contributed by atoms with van der Waals surface area (Å²) < 4.78 is 63.8. The van der Waals surface area contributed by atoms with Gasteiger partial charge in [0.05, 0.1) is 0 Å². The van der Waals surface area contributed by atoms with Crippen LogP contribution in [-0.4, -0.2) is 60.6 Å².